The van der Waals surface area contributed by atoms with Crippen molar-refractivity contribution in [1.82, 2.24) is 4.90 Å². The van der Waals surface area contributed by atoms with E-state index in [1.807, 2.05) is 6.92 Å². The molecule has 1 saturated heterocycles. The summed E-state index contributed by atoms with van der Waals surface area (Å²) in [5, 5.41) is 11.3. The van der Waals surface area contributed by atoms with Crippen molar-refractivity contribution in [1.29, 1.82) is 0 Å². The van der Waals surface area contributed by atoms with Gasteiger partial charge in [-0.2, -0.15) is 0 Å². The third kappa shape index (κ3) is 3.87. The number of aliphatic hydroxyl groups is 1. The molecule has 1 atom stereocenters. The van der Waals surface area contributed by atoms with Crippen LogP contribution in [0.25, 0.3) is 5.76 Å². The van der Waals surface area contributed by atoms with E-state index in [-0.39, 0.29) is 17.9 Å². The number of Topliss-reactive ketones (excluding diaryl/α,β-unsaturated/α-hetero) is 1. The van der Waals surface area contributed by atoms with Crippen LogP contribution in [0, 0.1) is 0 Å². The Kier molecular flexibility index (Phi) is 5.71. The number of rotatable bonds is 6. The number of hydrogen-bond acceptors (Lipinski definition) is 7. The maximum absolute atomic E-state index is 13.2. The van der Waals surface area contributed by atoms with Crippen LogP contribution in [0.1, 0.15) is 29.9 Å². The maximum atomic E-state index is 13.2. The number of benzene rings is 2. The second-order valence-electron chi connectivity index (χ2n) is 7.87. The van der Waals surface area contributed by atoms with E-state index in [0.717, 1.165) is 0 Å². The fourth-order valence-corrected chi connectivity index (χ4v) is 4.25. The maximum Gasteiger partial charge on any atom is 0.296 e. The molecule has 1 N–H and O–H groups in total. The van der Waals surface area contributed by atoms with Crippen molar-refractivity contribution in [2.24, 2.45) is 0 Å². The standard InChI is InChI=1S/C26H23NO7/c1-2-31-18-6-3-5-16(13-18)23-22(25(29)26(30)27(23)15-19-7-4-10-32-19)24(28)17-8-9-20-21(14-17)34-12-11-33-20/h3-10,13-14,23,28H,2,11-12,15H2,1H3/b24-22+. The van der Waals surface area contributed by atoms with Crippen molar-refractivity contribution in [2.75, 3.05) is 19.8 Å². The Morgan fingerprint density at radius 3 is 2.65 bits per heavy atom. The highest BCUT2D eigenvalue weighted by Gasteiger charge is 2.46. The molecule has 1 aromatic heterocycles. The first-order valence-electron chi connectivity index (χ1n) is 11.0. The number of aliphatic hydroxyl groups excluding tert-OH is 1. The van der Waals surface area contributed by atoms with Crippen LogP contribution in [0.4, 0.5) is 0 Å². The van der Waals surface area contributed by atoms with Crippen LogP contribution in [0.2, 0.25) is 0 Å². The predicted octanol–water partition coefficient (Wildman–Crippen LogP) is 4.07. The Labute approximate surface area is 196 Å². The normalized spacial score (nSPS) is 18.9. The van der Waals surface area contributed by atoms with Gasteiger partial charge in [0.15, 0.2) is 11.5 Å². The molecule has 0 saturated carbocycles. The number of carbonyl (C=O) groups excluding carboxylic acids is 2. The second kappa shape index (κ2) is 8.97. The molecule has 34 heavy (non-hydrogen) atoms. The van der Waals surface area contributed by atoms with Gasteiger partial charge in [0.05, 0.1) is 31.0 Å². The Morgan fingerprint density at radius 2 is 1.88 bits per heavy atom. The minimum atomic E-state index is -0.835. The third-order valence-corrected chi connectivity index (χ3v) is 5.75. The monoisotopic (exact) mass is 461 g/mol. The van der Waals surface area contributed by atoms with E-state index in [4.69, 9.17) is 18.6 Å². The highest BCUT2D eigenvalue weighted by molar-refractivity contribution is 6.46. The molecular weight excluding hydrogens is 438 g/mol. The SMILES string of the molecule is CCOc1cccc(C2/C(=C(\O)c3ccc4c(c3)OCCO4)C(=O)C(=O)N2Cc2ccco2)c1. The van der Waals surface area contributed by atoms with Gasteiger partial charge < -0.3 is 28.6 Å². The molecule has 0 radical (unpaired) electrons. The average Bonchev–Trinajstić information content (AvgIpc) is 3.46. The summed E-state index contributed by atoms with van der Waals surface area (Å²) in [6.45, 7) is 3.23. The highest BCUT2D eigenvalue weighted by Crippen LogP contribution is 2.42. The van der Waals surface area contributed by atoms with E-state index in [1.165, 1.54) is 11.2 Å². The lowest BCUT2D eigenvalue weighted by Gasteiger charge is -2.25. The lowest BCUT2D eigenvalue weighted by Crippen LogP contribution is -2.29. The number of nitrogens with zero attached hydrogens (tertiary/aromatic N) is 1. The summed E-state index contributed by atoms with van der Waals surface area (Å²) >= 11 is 0. The van der Waals surface area contributed by atoms with Crippen LogP contribution >= 0.6 is 0 Å². The summed E-state index contributed by atoms with van der Waals surface area (Å²) in [5.41, 5.74) is 0.976. The van der Waals surface area contributed by atoms with Gasteiger partial charge in [-0.05, 0) is 55.0 Å². The van der Waals surface area contributed by atoms with Gasteiger partial charge in [-0.3, -0.25) is 9.59 Å². The Hall–Kier alpha value is -4.20. The summed E-state index contributed by atoms with van der Waals surface area (Å²) in [6.07, 6.45) is 1.51. The zero-order chi connectivity index (χ0) is 23.7. The Bertz CT molecular complexity index is 1260. The number of carbonyl (C=O) groups is 2. The molecule has 8 heteroatoms. The molecule has 2 aromatic carbocycles. The van der Waals surface area contributed by atoms with Gasteiger partial charge in [-0.25, -0.2) is 0 Å². The van der Waals surface area contributed by atoms with Gasteiger partial charge in [0.2, 0.25) is 0 Å². The first-order chi connectivity index (χ1) is 16.6. The summed E-state index contributed by atoms with van der Waals surface area (Å²) in [4.78, 5) is 27.7. The zero-order valence-corrected chi connectivity index (χ0v) is 18.5. The number of amides is 1. The molecule has 1 fully saturated rings. The van der Waals surface area contributed by atoms with Crippen molar-refractivity contribution >= 4 is 17.4 Å². The Balaban J connectivity index is 1.63. The van der Waals surface area contributed by atoms with Gasteiger partial charge >= 0.3 is 0 Å². The first-order valence-corrected chi connectivity index (χ1v) is 11.0. The van der Waals surface area contributed by atoms with Crippen LogP contribution in [0.15, 0.2) is 70.9 Å². The second-order valence-corrected chi connectivity index (χ2v) is 7.87. The van der Waals surface area contributed by atoms with E-state index < -0.39 is 17.7 Å². The lowest BCUT2D eigenvalue weighted by molar-refractivity contribution is -0.140. The Morgan fingerprint density at radius 1 is 1.06 bits per heavy atom. The van der Waals surface area contributed by atoms with Crippen molar-refractivity contribution in [3.05, 3.63) is 83.3 Å². The number of ether oxygens (including phenoxy) is 3. The summed E-state index contributed by atoms with van der Waals surface area (Å²) in [5.74, 6) is 0.365. The summed E-state index contributed by atoms with van der Waals surface area (Å²) in [6, 6.07) is 14.7. The zero-order valence-electron chi connectivity index (χ0n) is 18.5. The molecule has 174 valence electrons. The molecule has 1 amide bonds. The number of fused-ring (bicyclic) bond motifs is 1. The van der Waals surface area contributed by atoms with Crippen molar-refractivity contribution in [3.63, 3.8) is 0 Å². The van der Waals surface area contributed by atoms with Gasteiger partial charge in [-0.1, -0.05) is 12.1 Å². The van der Waals surface area contributed by atoms with Crippen LogP contribution < -0.4 is 14.2 Å². The average molecular weight is 461 g/mol. The molecule has 1 unspecified atom stereocenters. The van der Waals surface area contributed by atoms with Crippen molar-refractivity contribution in [3.8, 4) is 17.2 Å². The van der Waals surface area contributed by atoms with E-state index in [0.29, 0.717) is 54.0 Å². The molecule has 3 heterocycles. The van der Waals surface area contributed by atoms with Crippen LogP contribution in [-0.4, -0.2) is 41.5 Å². The number of furan rings is 1. The molecule has 8 nitrogen and oxygen atoms in total. The van der Waals surface area contributed by atoms with Crippen molar-refractivity contribution in [2.45, 2.75) is 19.5 Å². The minimum Gasteiger partial charge on any atom is -0.507 e. The van der Waals surface area contributed by atoms with Crippen LogP contribution in [-0.2, 0) is 16.1 Å². The van der Waals surface area contributed by atoms with E-state index in [2.05, 4.69) is 0 Å². The molecule has 3 aromatic rings. The number of likely N-dealkylation sites (tertiary alicyclic amines) is 1. The van der Waals surface area contributed by atoms with E-state index >= 15 is 0 Å². The summed E-state index contributed by atoms with van der Waals surface area (Å²) < 4.78 is 22.2. The molecular formula is C26H23NO7. The molecule has 2 aliphatic heterocycles. The summed E-state index contributed by atoms with van der Waals surface area (Å²) in [7, 11) is 0. The minimum absolute atomic E-state index is 0.0121. The smallest absolute Gasteiger partial charge is 0.296 e. The molecule has 0 aliphatic carbocycles. The van der Waals surface area contributed by atoms with Gasteiger partial charge in [0.25, 0.3) is 11.7 Å². The van der Waals surface area contributed by atoms with Gasteiger partial charge in [0.1, 0.15) is 30.5 Å². The largest absolute Gasteiger partial charge is 0.507 e. The number of ketones is 1. The van der Waals surface area contributed by atoms with Crippen LogP contribution in [0.3, 0.4) is 0 Å². The van der Waals surface area contributed by atoms with Crippen molar-refractivity contribution < 1.29 is 33.3 Å². The molecule has 0 spiro atoms. The van der Waals surface area contributed by atoms with E-state index in [1.54, 1.807) is 54.6 Å². The quantitative estimate of drug-likeness (QED) is 0.336. The highest BCUT2D eigenvalue weighted by atomic mass is 16.6. The van der Waals surface area contributed by atoms with Gasteiger partial charge in [-0.15, -0.1) is 0 Å². The predicted molar refractivity (Wildman–Crippen MR) is 122 cm³/mol. The van der Waals surface area contributed by atoms with Crippen LogP contribution in [0.5, 0.6) is 17.2 Å². The first kappa shape index (κ1) is 21.6. The van der Waals surface area contributed by atoms with E-state index in [9.17, 15) is 14.7 Å². The molecule has 2 aliphatic rings. The lowest BCUT2D eigenvalue weighted by atomic mass is 9.95. The number of hydrogen-bond donors (Lipinski definition) is 1. The molecule has 0 bridgehead atoms. The topological polar surface area (TPSA) is 98.4 Å². The fourth-order valence-electron chi connectivity index (χ4n) is 4.25. The van der Waals surface area contributed by atoms with Gasteiger partial charge in [0, 0.05) is 5.56 Å². The third-order valence-electron chi connectivity index (χ3n) is 5.75. The molecule has 5 rings (SSSR count). The fraction of sp³-hybridized carbons (Fsp3) is 0.231.